The molecule has 0 spiro atoms. The average molecular weight is 418 g/mol. The Balaban J connectivity index is 1.96. The van der Waals surface area contributed by atoms with E-state index in [2.05, 4.69) is 52.5 Å². The molecule has 0 amide bonds. The third-order valence-corrected chi connectivity index (χ3v) is 5.41. The van der Waals surface area contributed by atoms with E-state index in [4.69, 9.17) is 16.0 Å². The maximum absolute atomic E-state index is 5.72. The molecule has 0 aliphatic carbocycles. The van der Waals surface area contributed by atoms with E-state index in [1.165, 1.54) is 12.4 Å². The molecule has 0 aromatic carbocycles. The largest absolute Gasteiger partial charge is 0.404 e. The first-order valence-electron chi connectivity index (χ1n) is 9.90. The third kappa shape index (κ3) is 4.53. The third-order valence-electron chi connectivity index (χ3n) is 5.41. The van der Waals surface area contributed by atoms with Crippen molar-refractivity contribution in [2.45, 2.75) is 33.1 Å². The van der Waals surface area contributed by atoms with Crippen LogP contribution in [-0.4, -0.2) is 26.3 Å². The molecule has 0 saturated heterocycles. The van der Waals surface area contributed by atoms with Gasteiger partial charge in [0.1, 0.15) is 5.82 Å². The van der Waals surface area contributed by atoms with Crippen molar-refractivity contribution in [1.29, 1.82) is 0 Å². The molecule has 3 aromatic rings. The monoisotopic (exact) mass is 417 g/mol. The molecule has 8 nitrogen and oxygen atoms in total. The number of rotatable bonds is 7. The molecule has 8 heteroatoms. The van der Waals surface area contributed by atoms with Crippen LogP contribution in [0.4, 0.5) is 0 Å². The zero-order valence-electron chi connectivity index (χ0n) is 18.2. The Labute approximate surface area is 181 Å². The molecule has 0 aliphatic heterocycles. The van der Waals surface area contributed by atoms with Gasteiger partial charge in [0.05, 0.1) is 16.7 Å². The van der Waals surface area contributed by atoms with Gasteiger partial charge in [0, 0.05) is 36.1 Å². The van der Waals surface area contributed by atoms with Crippen molar-refractivity contribution < 1.29 is 4.52 Å². The van der Waals surface area contributed by atoms with Crippen LogP contribution in [0.2, 0.25) is 0 Å². The van der Waals surface area contributed by atoms with Crippen LogP contribution < -0.4 is 11.5 Å². The highest BCUT2D eigenvalue weighted by atomic mass is 16.5. The molecule has 0 radical (unpaired) electrons. The van der Waals surface area contributed by atoms with Gasteiger partial charge in [-0.2, -0.15) is 4.98 Å². The van der Waals surface area contributed by atoms with E-state index in [1.807, 2.05) is 31.2 Å². The number of nitrogens with zero attached hydrogens (tertiary/aromatic N) is 5. The standard InChI is InChI=1S/C23H27N7O/c1-14(2)23(5,22-29-21(31-30-22)17-7-6-15(3)26-11-17)19-8-9-20(28-13-19)18(10-24)12-27-16(4)25/h6-14H,4,24-25H2,1-3,5H3/b18-10+,27-12?. The van der Waals surface area contributed by atoms with Gasteiger partial charge in [-0.05, 0) is 43.5 Å². The van der Waals surface area contributed by atoms with Gasteiger partial charge in [0.25, 0.3) is 5.89 Å². The Morgan fingerprint density at radius 1 is 1.19 bits per heavy atom. The Hall–Kier alpha value is -3.81. The number of aromatic nitrogens is 4. The van der Waals surface area contributed by atoms with Gasteiger partial charge >= 0.3 is 0 Å². The molecule has 3 aromatic heterocycles. The van der Waals surface area contributed by atoms with Crippen LogP contribution >= 0.6 is 0 Å². The van der Waals surface area contributed by atoms with Crippen molar-refractivity contribution in [1.82, 2.24) is 20.1 Å². The summed E-state index contributed by atoms with van der Waals surface area (Å²) in [6.45, 7) is 11.8. The van der Waals surface area contributed by atoms with Crippen LogP contribution in [0.1, 0.15) is 43.5 Å². The van der Waals surface area contributed by atoms with Crippen molar-refractivity contribution >= 4 is 11.8 Å². The zero-order valence-corrected chi connectivity index (χ0v) is 18.2. The molecular weight excluding hydrogens is 390 g/mol. The number of allylic oxidation sites excluding steroid dienone is 1. The lowest BCUT2D eigenvalue weighted by atomic mass is 9.73. The normalized spacial score (nSPS) is 14.2. The van der Waals surface area contributed by atoms with Gasteiger partial charge in [0.15, 0.2) is 5.82 Å². The average Bonchev–Trinajstić information content (AvgIpc) is 3.25. The number of hydrogen-bond acceptors (Lipinski definition) is 8. The Kier molecular flexibility index (Phi) is 6.29. The van der Waals surface area contributed by atoms with Gasteiger partial charge in [-0.3, -0.25) is 9.97 Å². The maximum Gasteiger partial charge on any atom is 0.259 e. The fourth-order valence-corrected chi connectivity index (χ4v) is 3.09. The highest BCUT2D eigenvalue weighted by Gasteiger charge is 2.38. The van der Waals surface area contributed by atoms with Crippen LogP contribution in [0.5, 0.6) is 0 Å². The lowest BCUT2D eigenvalue weighted by Gasteiger charge is -2.30. The Bertz CT molecular complexity index is 1110. The SMILES string of the molecule is C=C(N)N=C/C(=C\N)c1ccc(C(C)(c2noc(-c3ccc(C)nc3)n2)C(C)C)cn1. The molecule has 31 heavy (non-hydrogen) atoms. The van der Waals surface area contributed by atoms with E-state index < -0.39 is 5.41 Å². The molecular formula is C23H27N7O. The van der Waals surface area contributed by atoms with Crippen LogP contribution in [-0.2, 0) is 5.41 Å². The maximum atomic E-state index is 5.72. The van der Waals surface area contributed by atoms with Crippen molar-refractivity contribution in [3.05, 3.63) is 78.0 Å². The first-order valence-corrected chi connectivity index (χ1v) is 9.90. The summed E-state index contributed by atoms with van der Waals surface area (Å²) in [4.78, 5) is 17.5. The summed E-state index contributed by atoms with van der Waals surface area (Å²) >= 11 is 0. The minimum Gasteiger partial charge on any atom is -0.404 e. The molecule has 3 rings (SSSR count). The second-order valence-electron chi connectivity index (χ2n) is 7.77. The number of aryl methyl sites for hydroxylation is 1. The Morgan fingerprint density at radius 2 is 1.97 bits per heavy atom. The molecule has 0 bridgehead atoms. The van der Waals surface area contributed by atoms with Gasteiger partial charge in [-0.1, -0.05) is 31.6 Å². The first kappa shape index (κ1) is 21.9. The van der Waals surface area contributed by atoms with Gasteiger partial charge in [-0.15, -0.1) is 0 Å². The van der Waals surface area contributed by atoms with E-state index in [1.54, 1.807) is 12.4 Å². The summed E-state index contributed by atoms with van der Waals surface area (Å²) in [6.07, 6.45) is 6.49. The van der Waals surface area contributed by atoms with Crippen molar-refractivity contribution in [2.24, 2.45) is 22.4 Å². The smallest absolute Gasteiger partial charge is 0.259 e. The summed E-state index contributed by atoms with van der Waals surface area (Å²) in [5, 5.41) is 4.29. The second kappa shape index (κ2) is 8.91. The molecule has 160 valence electrons. The molecule has 0 saturated carbocycles. The molecule has 0 aliphatic rings. The molecule has 4 N–H and O–H groups in total. The van der Waals surface area contributed by atoms with Crippen LogP contribution in [0.25, 0.3) is 17.0 Å². The van der Waals surface area contributed by atoms with Gasteiger partial charge in [0.2, 0.25) is 0 Å². The number of nitrogens with two attached hydrogens (primary N) is 2. The molecule has 3 heterocycles. The second-order valence-corrected chi connectivity index (χ2v) is 7.77. The molecule has 1 atom stereocenters. The zero-order chi connectivity index (χ0) is 22.6. The first-order chi connectivity index (χ1) is 14.8. The Morgan fingerprint density at radius 3 is 2.52 bits per heavy atom. The topological polar surface area (TPSA) is 129 Å². The summed E-state index contributed by atoms with van der Waals surface area (Å²) in [7, 11) is 0. The number of aliphatic imine (C=N–C) groups is 1. The minimum atomic E-state index is -0.516. The summed E-state index contributed by atoms with van der Waals surface area (Å²) < 4.78 is 5.56. The quantitative estimate of drug-likeness (QED) is 0.562. The van der Waals surface area contributed by atoms with Crippen LogP contribution in [0.15, 0.2) is 64.8 Å². The van der Waals surface area contributed by atoms with E-state index >= 15 is 0 Å². The predicted octanol–water partition coefficient (Wildman–Crippen LogP) is 3.60. The summed E-state index contributed by atoms with van der Waals surface area (Å²) in [5.41, 5.74) is 14.7. The van der Waals surface area contributed by atoms with Gasteiger partial charge in [-0.25, -0.2) is 4.99 Å². The fourth-order valence-electron chi connectivity index (χ4n) is 3.09. The van der Waals surface area contributed by atoms with E-state index in [9.17, 15) is 0 Å². The molecule has 0 fully saturated rings. The lowest BCUT2D eigenvalue weighted by Crippen LogP contribution is -2.31. The molecule has 1 unspecified atom stereocenters. The van der Waals surface area contributed by atoms with Crippen LogP contribution in [0, 0.1) is 12.8 Å². The van der Waals surface area contributed by atoms with Crippen molar-refractivity contribution in [3.8, 4) is 11.5 Å². The van der Waals surface area contributed by atoms with E-state index in [0.717, 1.165) is 16.8 Å². The van der Waals surface area contributed by atoms with Crippen molar-refractivity contribution in [2.75, 3.05) is 0 Å². The summed E-state index contributed by atoms with van der Waals surface area (Å²) in [5.74, 6) is 1.39. The summed E-state index contributed by atoms with van der Waals surface area (Å²) in [6, 6.07) is 7.70. The van der Waals surface area contributed by atoms with Crippen LogP contribution in [0.3, 0.4) is 0 Å². The van der Waals surface area contributed by atoms with E-state index in [0.29, 0.717) is 23.0 Å². The highest BCUT2D eigenvalue weighted by molar-refractivity contribution is 6.09. The lowest BCUT2D eigenvalue weighted by molar-refractivity contribution is 0.350. The van der Waals surface area contributed by atoms with E-state index in [-0.39, 0.29) is 11.7 Å². The minimum absolute atomic E-state index is 0.174. The van der Waals surface area contributed by atoms with Crippen molar-refractivity contribution in [3.63, 3.8) is 0 Å². The van der Waals surface area contributed by atoms with Gasteiger partial charge < -0.3 is 16.0 Å². The number of hydrogen-bond donors (Lipinski definition) is 2. The number of pyridine rings is 2. The predicted molar refractivity (Wildman–Crippen MR) is 122 cm³/mol. The fraction of sp³-hybridized carbons (Fsp3) is 0.261. The highest BCUT2D eigenvalue weighted by Crippen LogP contribution is 2.38.